The molecule has 1 aromatic heterocycles. The van der Waals surface area contributed by atoms with Crippen LogP contribution in [0.2, 0.25) is 0 Å². The first-order valence-corrected chi connectivity index (χ1v) is 5.42. The number of alkyl halides is 3. The van der Waals surface area contributed by atoms with E-state index in [-0.39, 0.29) is 18.2 Å². The molecule has 0 aromatic carbocycles. The van der Waals surface area contributed by atoms with E-state index >= 15 is 0 Å². The summed E-state index contributed by atoms with van der Waals surface area (Å²) in [6.45, 7) is 0. The number of halogens is 3. The Kier molecular flexibility index (Phi) is 3.05. The second kappa shape index (κ2) is 4.35. The monoisotopic (exact) mass is 244 g/mol. The van der Waals surface area contributed by atoms with Gasteiger partial charge in [0.05, 0.1) is 18.5 Å². The van der Waals surface area contributed by atoms with Gasteiger partial charge in [0.2, 0.25) is 0 Å². The summed E-state index contributed by atoms with van der Waals surface area (Å²) >= 11 is 0. The molecule has 0 radical (unpaired) electrons. The smallest absolute Gasteiger partial charge is 0.237 e. The van der Waals surface area contributed by atoms with E-state index in [1.807, 2.05) is 0 Å². The molecule has 0 amide bonds. The highest BCUT2D eigenvalue weighted by Crippen LogP contribution is 2.37. The fraction of sp³-hybridized carbons (Fsp3) is 0.700. The van der Waals surface area contributed by atoms with Gasteiger partial charge in [-0.25, -0.2) is 4.68 Å². The topological polar surface area (TPSA) is 54.5 Å². The Bertz CT molecular complexity index is 437. The van der Waals surface area contributed by atoms with E-state index in [4.69, 9.17) is 5.26 Å². The second-order valence-electron chi connectivity index (χ2n) is 4.10. The Morgan fingerprint density at radius 2 is 2.00 bits per heavy atom. The van der Waals surface area contributed by atoms with Gasteiger partial charge in [0, 0.05) is 0 Å². The van der Waals surface area contributed by atoms with Gasteiger partial charge in [0.25, 0.3) is 0 Å². The number of rotatable bonds is 2. The lowest BCUT2D eigenvalue weighted by atomic mass is 10.2. The van der Waals surface area contributed by atoms with Crippen molar-refractivity contribution >= 4 is 0 Å². The molecule has 1 fully saturated rings. The zero-order chi connectivity index (χ0) is 12.5. The van der Waals surface area contributed by atoms with Gasteiger partial charge in [-0.15, -0.1) is 5.10 Å². The highest BCUT2D eigenvalue weighted by molar-refractivity contribution is 5.18. The van der Waals surface area contributed by atoms with Crippen molar-refractivity contribution < 1.29 is 13.2 Å². The highest BCUT2D eigenvalue weighted by atomic mass is 19.4. The number of nitrogens with zero attached hydrogens (tertiary/aromatic N) is 4. The van der Waals surface area contributed by atoms with E-state index < -0.39 is 11.9 Å². The van der Waals surface area contributed by atoms with Crippen LogP contribution in [0.1, 0.15) is 43.1 Å². The van der Waals surface area contributed by atoms with E-state index in [0.29, 0.717) is 12.8 Å². The van der Waals surface area contributed by atoms with Crippen molar-refractivity contribution in [3.8, 4) is 6.07 Å². The first kappa shape index (κ1) is 11.9. The molecule has 0 atom stereocenters. The number of hydrogen-bond donors (Lipinski definition) is 0. The van der Waals surface area contributed by atoms with Crippen molar-refractivity contribution in [3.63, 3.8) is 0 Å². The predicted molar refractivity (Wildman–Crippen MR) is 51.8 cm³/mol. The summed E-state index contributed by atoms with van der Waals surface area (Å²) < 4.78 is 39.7. The third-order valence-corrected chi connectivity index (χ3v) is 2.95. The molecule has 0 bridgehead atoms. The van der Waals surface area contributed by atoms with Gasteiger partial charge in [-0.05, 0) is 12.8 Å². The molecular formula is C10H11F3N4. The lowest BCUT2D eigenvalue weighted by Gasteiger charge is -2.15. The first-order chi connectivity index (χ1) is 8.04. The molecular weight excluding hydrogens is 233 g/mol. The SMILES string of the molecule is N#CCc1nnn(C2CCCC2)c1C(F)(F)F. The molecule has 17 heavy (non-hydrogen) atoms. The van der Waals surface area contributed by atoms with Crippen LogP contribution in [-0.4, -0.2) is 15.0 Å². The van der Waals surface area contributed by atoms with Gasteiger partial charge in [-0.2, -0.15) is 18.4 Å². The molecule has 7 heteroatoms. The van der Waals surface area contributed by atoms with E-state index in [9.17, 15) is 13.2 Å². The Labute approximate surface area is 96.0 Å². The third kappa shape index (κ3) is 2.25. The minimum Gasteiger partial charge on any atom is -0.237 e. The van der Waals surface area contributed by atoms with Gasteiger partial charge in [0.15, 0.2) is 5.69 Å². The van der Waals surface area contributed by atoms with E-state index in [2.05, 4.69) is 10.3 Å². The van der Waals surface area contributed by atoms with Gasteiger partial charge in [-0.1, -0.05) is 18.1 Å². The number of hydrogen-bond acceptors (Lipinski definition) is 3. The molecule has 1 heterocycles. The number of nitriles is 1. The fourth-order valence-corrected chi connectivity index (χ4v) is 2.22. The largest absolute Gasteiger partial charge is 0.434 e. The fourth-order valence-electron chi connectivity index (χ4n) is 2.22. The Morgan fingerprint density at radius 3 is 2.53 bits per heavy atom. The van der Waals surface area contributed by atoms with Crippen LogP contribution in [0.25, 0.3) is 0 Å². The minimum atomic E-state index is -4.50. The van der Waals surface area contributed by atoms with Crippen molar-refractivity contribution in [2.75, 3.05) is 0 Å². The lowest BCUT2D eigenvalue weighted by molar-refractivity contribution is -0.145. The quantitative estimate of drug-likeness (QED) is 0.803. The Hall–Kier alpha value is -1.58. The summed E-state index contributed by atoms with van der Waals surface area (Å²) in [5, 5.41) is 15.6. The maximum atomic E-state index is 12.9. The molecule has 1 aliphatic carbocycles. The zero-order valence-electron chi connectivity index (χ0n) is 9.04. The van der Waals surface area contributed by atoms with Crippen molar-refractivity contribution in [2.45, 2.75) is 44.3 Å². The molecule has 2 rings (SSSR count). The van der Waals surface area contributed by atoms with Crippen molar-refractivity contribution in [3.05, 3.63) is 11.4 Å². The van der Waals surface area contributed by atoms with Gasteiger partial charge < -0.3 is 0 Å². The molecule has 1 aliphatic rings. The van der Waals surface area contributed by atoms with Gasteiger partial charge in [0.1, 0.15) is 5.69 Å². The first-order valence-electron chi connectivity index (χ1n) is 5.42. The van der Waals surface area contributed by atoms with Crippen molar-refractivity contribution in [1.29, 1.82) is 5.26 Å². The van der Waals surface area contributed by atoms with E-state index in [1.54, 1.807) is 6.07 Å². The maximum Gasteiger partial charge on any atom is 0.434 e. The van der Waals surface area contributed by atoms with Crippen LogP contribution < -0.4 is 0 Å². The average molecular weight is 244 g/mol. The van der Waals surface area contributed by atoms with E-state index in [1.165, 1.54) is 0 Å². The molecule has 1 aromatic rings. The van der Waals surface area contributed by atoms with Crippen molar-refractivity contribution in [2.24, 2.45) is 0 Å². The molecule has 0 unspecified atom stereocenters. The molecule has 4 nitrogen and oxygen atoms in total. The summed E-state index contributed by atoms with van der Waals surface area (Å²) in [5.41, 5.74) is -1.13. The van der Waals surface area contributed by atoms with Crippen LogP contribution in [-0.2, 0) is 12.6 Å². The molecule has 1 saturated carbocycles. The predicted octanol–water partition coefficient (Wildman–Crippen LogP) is 2.48. The molecule has 0 saturated heterocycles. The molecule has 0 aliphatic heterocycles. The standard InChI is InChI=1S/C10H11F3N4/c11-10(12,13)9-8(5-6-14)15-16-17(9)7-3-1-2-4-7/h7H,1-5H2. The lowest BCUT2D eigenvalue weighted by Crippen LogP contribution is -2.19. The molecule has 92 valence electrons. The Morgan fingerprint density at radius 1 is 1.35 bits per heavy atom. The maximum absolute atomic E-state index is 12.9. The van der Waals surface area contributed by atoms with Gasteiger partial charge in [-0.3, -0.25) is 0 Å². The minimum absolute atomic E-state index is 0.230. The normalized spacial score (nSPS) is 17.3. The molecule has 0 spiro atoms. The summed E-state index contributed by atoms with van der Waals surface area (Å²) in [6.07, 6.45) is -1.65. The third-order valence-electron chi connectivity index (χ3n) is 2.95. The number of aromatic nitrogens is 3. The summed E-state index contributed by atoms with van der Waals surface area (Å²) in [4.78, 5) is 0. The van der Waals surface area contributed by atoms with Gasteiger partial charge >= 0.3 is 6.18 Å². The summed E-state index contributed by atoms with van der Waals surface area (Å²) in [5.74, 6) is 0. The van der Waals surface area contributed by atoms with E-state index in [0.717, 1.165) is 17.5 Å². The Balaban J connectivity index is 2.42. The van der Waals surface area contributed by atoms with Crippen LogP contribution in [0.3, 0.4) is 0 Å². The zero-order valence-corrected chi connectivity index (χ0v) is 9.04. The average Bonchev–Trinajstić information content (AvgIpc) is 2.82. The van der Waals surface area contributed by atoms with Crippen LogP contribution in [0.15, 0.2) is 0 Å². The summed E-state index contributed by atoms with van der Waals surface area (Å²) in [6, 6.07) is 1.45. The highest BCUT2D eigenvalue weighted by Gasteiger charge is 2.41. The van der Waals surface area contributed by atoms with Crippen LogP contribution in [0.4, 0.5) is 13.2 Å². The molecule has 0 N–H and O–H groups in total. The van der Waals surface area contributed by atoms with Crippen molar-refractivity contribution in [1.82, 2.24) is 15.0 Å². The van der Waals surface area contributed by atoms with Crippen LogP contribution >= 0.6 is 0 Å². The summed E-state index contributed by atoms with van der Waals surface area (Å²) in [7, 11) is 0. The van der Waals surface area contributed by atoms with Crippen LogP contribution in [0, 0.1) is 11.3 Å². The van der Waals surface area contributed by atoms with Crippen LogP contribution in [0.5, 0.6) is 0 Å². The second-order valence-corrected chi connectivity index (χ2v) is 4.10.